The van der Waals surface area contributed by atoms with Gasteiger partial charge in [0.25, 0.3) is 0 Å². The summed E-state index contributed by atoms with van der Waals surface area (Å²) in [6.45, 7) is 6.69. The van der Waals surface area contributed by atoms with Gasteiger partial charge in [-0.25, -0.2) is 0 Å². The van der Waals surface area contributed by atoms with Crippen molar-refractivity contribution in [1.82, 2.24) is 0 Å². The van der Waals surface area contributed by atoms with Gasteiger partial charge in [0.2, 0.25) is 0 Å². The molecule has 2 N–H and O–H groups in total. The molecule has 2 rings (SSSR count). The van der Waals surface area contributed by atoms with E-state index in [0.717, 1.165) is 33.2 Å². The lowest BCUT2D eigenvalue weighted by molar-refractivity contribution is 0.471. The highest BCUT2D eigenvalue weighted by Gasteiger charge is 2.11. The summed E-state index contributed by atoms with van der Waals surface area (Å²) in [4.78, 5) is 0. The molecule has 3 heteroatoms. The van der Waals surface area contributed by atoms with Crippen LogP contribution in [0.3, 0.4) is 0 Å². The Bertz CT molecular complexity index is 608. The van der Waals surface area contributed by atoms with Gasteiger partial charge in [0, 0.05) is 17.1 Å². The predicted octanol–water partition coefficient (Wildman–Crippen LogP) is 5.02. The monoisotopic (exact) mass is 289 g/mol. The van der Waals surface area contributed by atoms with Gasteiger partial charge >= 0.3 is 0 Å². The molecule has 0 heterocycles. The first kappa shape index (κ1) is 14.9. The van der Waals surface area contributed by atoms with Crippen molar-refractivity contribution in [2.45, 2.75) is 33.2 Å². The Morgan fingerprint density at radius 3 is 2.50 bits per heavy atom. The number of hydrogen-bond donors (Lipinski definition) is 1. The fraction of sp³-hybridized carbons (Fsp3) is 0.294. The summed E-state index contributed by atoms with van der Waals surface area (Å²) in [6.07, 6.45) is 0. The van der Waals surface area contributed by atoms with E-state index in [2.05, 4.69) is 13.8 Å². The van der Waals surface area contributed by atoms with E-state index in [9.17, 15) is 0 Å². The van der Waals surface area contributed by atoms with Gasteiger partial charge < -0.3 is 10.5 Å². The molecule has 2 aromatic rings. The molecule has 0 unspecified atom stereocenters. The van der Waals surface area contributed by atoms with Crippen LogP contribution in [0, 0.1) is 6.92 Å². The number of halogens is 1. The van der Waals surface area contributed by atoms with E-state index < -0.39 is 0 Å². The van der Waals surface area contributed by atoms with Gasteiger partial charge in [-0.3, -0.25) is 0 Å². The van der Waals surface area contributed by atoms with Gasteiger partial charge in [-0.15, -0.1) is 0 Å². The van der Waals surface area contributed by atoms with Crippen molar-refractivity contribution in [2.75, 3.05) is 0 Å². The van der Waals surface area contributed by atoms with E-state index in [0.29, 0.717) is 12.5 Å². The molecule has 0 atom stereocenters. The van der Waals surface area contributed by atoms with Crippen LogP contribution >= 0.6 is 11.6 Å². The Hall–Kier alpha value is -1.51. The molecule has 0 radical (unpaired) electrons. The molecule has 0 aliphatic rings. The number of aryl methyl sites for hydroxylation is 1. The second kappa shape index (κ2) is 6.29. The first-order valence-corrected chi connectivity index (χ1v) is 7.16. The molecule has 0 aliphatic carbocycles. The maximum atomic E-state index is 6.28. The van der Waals surface area contributed by atoms with Crippen molar-refractivity contribution in [1.29, 1.82) is 0 Å². The standard InChI is InChI=1S/C17H20ClNO/c1-11(2)14-9-17(12(3)8-15(14)18)20-16-7-5-4-6-13(16)10-19/h4-9,11H,10,19H2,1-3H3. The Morgan fingerprint density at radius 1 is 1.15 bits per heavy atom. The fourth-order valence-corrected chi connectivity index (χ4v) is 2.55. The van der Waals surface area contributed by atoms with Crippen molar-refractivity contribution in [3.05, 3.63) is 58.1 Å². The first-order chi connectivity index (χ1) is 9.52. The molecule has 2 aromatic carbocycles. The summed E-state index contributed by atoms with van der Waals surface area (Å²) >= 11 is 6.28. The lowest BCUT2D eigenvalue weighted by Crippen LogP contribution is -2.00. The van der Waals surface area contributed by atoms with Crippen LogP contribution in [-0.2, 0) is 6.54 Å². The predicted molar refractivity (Wildman–Crippen MR) is 84.7 cm³/mol. The minimum absolute atomic E-state index is 0.357. The molecule has 0 bridgehead atoms. The van der Waals surface area contributed by atoms with Crippen LogP contribution in [0.2, 0.25) is 5.02 Å². The van der Waals surface area contributed by atoms with Crippen LogP contribution in [-0.4, -0.2) is 0 Å². The third kappa shape index (κ3) is 3.14. The van der Waals surface area contributed by atoms with E-state index >= 15 is 0 Å². The molecule has 0 fully saturated rings. The smallest absolute Gasteiger partial charge is 0.131 e. The second-order valence-electron chi connectivity index (χ2n) is 5.21. The van der Waals surface area contributed by atoms with E-state index in [1.807, 2.05) is 43.3 Å². The highest BCUT2D eigenvalue weighted by molar-refractivity contribution is 6.31. The first-order valence-electron chi connectivity index (χ1n) is 6.78. The van der Waals surface area contributed by atoms with Gasteiger partial charge in [-0.2, -0.15) is 0 Å². The van der Waals surface area contributed by atoms with Crippen molar-refractivity contribution in [3.8, 4) is 11.5 Å². The summed E-state index contributed by atoms with van der Waals surface area (Å²) in [7, 11) is 0. The number of para-hydroxylation sites is 1. The number of nitrogens with two attached hydrogens (primary N) is 1. The summed E-state index contributed by atoms with van der Waals surface area (Å²) in [5, 5.41) is 0.789. The van der Waals surface area contributed by atoms with Crippen LogP contribution in [0.15, 0.2) is 36.4 Å². The van der Waals surface area contributed by atoms with Crippen LogP contribution in [0.4, 0.5) is 0 Å². The van der Waals surface area contributed by atoms with Crippen LogP contribution < -0.4 is 10.5 Å². The van der Waals surface area contributed by atoms with E-state index in [1.54, 1.807) is 0 Å². The zero-order valence-electron chi connectivity index (χ0n) is 12.1. The summed E-state index contributed by atoms with van der Waals surface area (Å²) in [5.74, 6) is 1.99. The Kier molecular flexibility index (Phi) is 4.69. The van der Waals surface area contributed by atoms with E-state index in [1.165, 1.54) is 0 Å². The summed E-state index contributed by atoms with van der Waals surface area (Å²) in [6, 6.07) is 11.8. The molecule has 0 saturated heterocycles. The van der Waals surface area contributed by atoms with Crippen LogP contribution in [0.1, 0.15) is 36.5 Å². The van der Waals surface area contributed by atoms with Gasteiger partial charge in [0.1, 0.15) is 11.5 Å². The van der Waals surface area contributed by atoms with Crippen molar-refractivity contribution in [3.63, 3.8) is 0 Å². The molecule has 20 heavy (non-hydrogen) atoms. The van der Waals surface area contributed by atoms with Crippen LogP contribution in [0.25, 0.3) is 0 Å². The Balaban J connectivity index is 2.40. The zero-order valence-corrected chi connectivity index (χ0v) is 12.9. The maximum Gasteiger partial charge on any atom is 0.131 e. The normalized spacial score (nSPS) is 10.9. The molecular weight excluding hydrogens is 270 g/mol. The minimum atomic E-state index is 0.357. The van der Waals surface area contributed by atoms with Gasteiger partial charge in [0.15, 0.2) is 0 Å². The third-order valence-electron chi connectivity index (χ3n) is 3.33. The Labute approximate surface area is 125 Å². The van der Waals surface area contributed by atoms with Crippen molar-refractivity contribution < 1.29 is 4.74 Å². The lowest BCUT2D eigenvalue weighted by Gasteiger charge is -2.16. The van der Waals surface area contributed by atoms with Crippen molar-refractivity contribution >= 4 is 11.6 Å². The topological polar surface area (TPSA) is 35.2 Å². The third-order valence-corrected chi connectivity index (χ3v) is 3.66. The number of benzene rings is 2. The van der Waals surface area contributed by atoms with Gasteiger partial charge in [-0.1, -0.05) is 43.6 Å². The molecule has 0 spiro atoms. The zero-order chi connectivity index (χ0) is 14.7. The quantitative estimate of drug-likeness (QED) is 0.857. The number of rotatable bonds is 4. The fourth-order valence-electron chi connectivity index (χ4n) is 2.11. The van der Waals surface area contributed by atoms with Crippen LogP contribution in [0.5, 0.6) is 11.5 Å². The van der Waals surface area contributed by atoms with Gasteiger partial charge in [-0.05, 0) is 42.2 Å². The largest absolute Gasteiger partial charge is 0.457 e. The molecular formula is C17H20ClNO. The molecule has 106 valence electrons. The Morgan fingerprint density at radius 2 is 1.85 bits per heavy atom. The molecule has 0 saturated carbocycles. The number of ether oxygens (including phenoxy) is 1. The number of hydrogen-bond acceptors (Lipinski definition) is 2. The molecule has 2 nitrogen and oxygen atoms in total. The maximum absolute atomic E-state index is 6.28. The van der Waals surface area contributed by atoms with E-state index in [4.69, 9.17) is 22.1 Å². The van der Waals surface area contributed by atoms with E-state index in [-0.39, 0.29) is 0 Å². The molecule has 0 aromatic heterocycles. The summed E-state index contributed by atoms with van der Waals surface area (Å²) in [5.41, 5.74) is 8.85. The van der Waals surface area contributed by atoms with Gasteiger partial charge in [0.05, 0.1) is 0 Å². The summed E-state index contributed by atoms with van der Waals surface area (Å²) < 4.78 is 6.04. The molecule has 0 amide bonds. The second-order valence-corrected chi connectivity index (χ2v) is 5.62. The lowest BCUT2D eigenvalue weighted by atomic mass is 10.0. The average molecular weight is 290 g/mol. The SMILES string of the molecule is Cc1cc(Cl)c(C(C)C)cc1Oc1ccccc1CN. The highest BCUT2D eigenvalue weighted by Crippen LogP contribution is 2.34. The highest BCUT2D eigenvalue weighted by atomic mass is 35.5. The molecule has 0 aliphatic heterocycles. The average Bonchev–Trinajstić information content (AvgIpc) is 2.42. The van der Waals surface area contributed by atoms with Crippen molar-refractivity contribution in [2.24, 2.45) is 5.73 Å². The minimum Gasteiger partial charge on any atom is -0.457 e.